The monoisotopic (exact) mass is 367 g/mol. The van der Waals surface area contributed by atoms with E-state index in [1.165, 1.54) is 17.5 Å². The lowest BCUT2D eigenvalue weighted by Gasteiger charge is -2.07. The van der Waals surface area contributed by atoms with Gasteiger partial charge >= 0.3 is 0 Å². The first kappa shape index (κ1) is 15.1. The van der Waals surface area contributed by atoms with Crippen molar-refractivity contribution in [2.45, 2.75) is 25.7 Å². The van der Waals surface area contributed by atoms with Crippen LogP contribution < -0.4 is 11.1 Å². The maximum atomic E-state index is 11.9. The van der Waals surface area contributed by atoms with Crippen LogP contribution in [0.25, 0.3) is 0 Å². The van der Waals surface area contributed by atoms with Gasteiger partial charge in [0, 0.05) is 5.69 Å². The fraction of sp³-hybridized carbons (Fsp3) is 0.417. The standard InChI is InChI=1S/C12H15F2N3.HI/c13-11(14)7-16-12(15)17-10-5-4-8-2-1-3-9(8)6-10;/h4-6,11H,1-3,7H2,(H3,15,16,17);1H. The van der Waals surface area contributed by atoms with Crippen molar-refractivity contribution >= 4 is 35.6 Å². The number of guanidine groups is 1. The number of alkyl halides is 2. The molecule has 0 aliphatic heterocycles. The van der Waals surface area contributed by atoms with Crippen LogP contribution >= 0.6 is 24.0 Å². The van der Waals surface area contributed by atoms with E-state index in [9.17, 15) is 8.78 Å². The summed E-state index contributed by atoms with van der Waals surface area (Å²) in [6.07, 6.45) is 0.896. The highest BCUT2D eigenvalue weighted by atomic mass is 127. The van der Waals surface area contributed by atoms with Crippen LogP contribution in [-0.2, 0) is 12.8 Å². The normalized spacial score (nSPS) is 14.3. The molecule has 3 N–H and O–H groups in total. The lowest BCUT2D eigenvalue weighted by molar-refractivity contribution is 0.158. The van der Waals surface area contributed by atoms with Gasteiger partial charge in [-0.3, -0.25) is 0 Å². The zero-order valence-electron chi connectivity index (χ0n) is 9.83. The Kier molecular flexibility index (Phi) is 5.77. The Morgan fingerprint density at radius 1 is 1.33 bits per heavy atom. The summed E-state index contributed by atoms with van der Waals surface area (Å²) in [5.74, 6) is 0.0308. The van der Waals surface area contributed by atoms with Crippen LogP contribution in [0.2, 0.25) is 0 Å². The molecule has 1 aromatic rings. The quantitative estimate of drug-likeness (QED) is 0.491. The average Bonchev–Trinajstić information content (AvgIpc) is 2.73. The molecule has 0 fully saturated rings. The molecule has 3 nitrogen and oxygen atoms in total. The maximum absolute atomic E-state index is 11.9. The van der Waals surface area contributed by atoms with E-state index >= 15 is 0 Å². The third-order valence-corrected chi connectivity index (χ3v) is 2.77. The summed E-state index contributed by atoms with van der Waals surface area (Å²) in [5, 5.41) is 2.82. The Morgan fingerprint density at radius 2 is 2.06 bits per heavy atom. The molecule has 1 aromatic carbocycles. The number of hydrogen-bond acceptors (Lipinski definition) is 1. The first-order chi connectivity index (χ1) is 8.15. The van der Waals surface area contributed by atoms with Crippen LogP contribution in [0.3, 0.4) is 0 Å². The second kappa shape index (κ2) is 6.86. The molecular weight excluding hydrogens is 351 g/mol. The van der Waals surface area contributed by atoms with Crippen molar-refractivity contribution in [3.63, 3.8) is 0 Å². The van der Waals surface area contributed by atoms with Gasteiger partial charge in [-0.2, -0.15) is 0 Å². The maximum Gasteiger partial charge on any atom is 0.257 e. The molecule has 0 unspecified atom stereocenters. The van der Waals surface area contributed by atoms with E-state index < -0.39 is 13.0 Å². The number of halogens is 3. The van der Waals surface area contributed by atoms with Gasteiger partial charge in [-0.05, 0) is 42.5 Å². The number of hydrogen-bond donors (Lipinski definition) is 2. The topological polar surface area (TPSA) is 50.4 Å². The Morgan fingerprint density at radius 3 is 2.78 bits per heavy atom. The molecule has 0 radical (unpaired) electrons. The van der Waals surface area contributed by atoms with Gasteiger partial charge < -0.3 is 11.1 Å². The van der Waals surface area contributed by atoms with Gasteiger partial charge in [-0.1, -0.05) is 6.07 Å². The van der Waals surface area contributed by atoms with Gasteiger partial charge in [0.25, 0.3) is 6.43 Å². The van der Waals surface area contributed by atoms with Gasteiger partial charge in [-0.25, -0.2) is 13.8 Å². The van der Waals surface area contributed by atoms with Crippen molar-refractivity contribution in [1.82, 2.24) is 0 Å². The number of nitrogens with two attached hydrogens (primary N) is 1. The van der Waals surface area contributed by atoms with Gasteiger partial charge in [0.15, 0.2) is 5.96 Å². The van der Waals surface area contributed by atoms with Gasteiger partial charge in [0.1, 0.15) is 6.54 Å². The zero-order valence-corrected chi connectivity index (χ0v) is 12.2. The van der Waals surface area contributed by atoms with Crippen molar-refractivity contribution in [3.8, 4) is 0 Å². The van der Waals surface area contributed by atoms with Crippen molar-refractivity contribution in [3.05, 3.63) is 29.3 Å². The summed E-state index contributed by atoms with van der Waals surface area (Å²) in [6.45, 7) is -0.566. The second-order valence-corrected chi connectivity index (χ2v) is 4.08. The van der Waals surface area contributed by atoms with Crippen LogP contribution in [0.5, 0.6) is 0 Å². The molecule has 0 atom stereocenters. The highest BCUT2D eigenvalue weighted by molar-refractivity contribution is 14.0. The fourth-order valence-electron chi connectivity index (χ4n) is 2.00. The van der Waals surface area contributed by atoms with Crippen LogP contribution in [0.1, 0.15) is 17.5 Å². The van der Waals surface area contributed by atoms with E-state index in [0.717, 1.165) is 18.5 Å². The summed E-state index contributed by atoms with van der Waals surface area (Å²) in [4.78, 5) is 3.55. The molecule has 0 heterocycles. The molecule has 0 spiro atoms. The summed E-state index contributed by atoms with van der Waals surface area (Å²) < 4.78 is 23.8. The first-order valence-electron chi connectivity index (χ1n) is 5.62. The highest BCUT2D eigenvalue weighted by Crippen LogP contribution is 2.24. The average molecular weight is 367 g/mol. The largest absolute Gasteiger partial charge is 0.370 e. The number of fused-ring (bicyclic) bond motifs is 1. The minimum absolute atomic E-state index is 0. The number of nitrogens with one attached hydrogen (secondary N) is 1. The van der Waals surface area contributed by atoms with Gasteiger partial charge in [0.2, 0.25) is 0 Å². The number of nitrogens with zero attached hydrogens (tertiary/aromatic N) is 1. The Balaban J connectivity index is 0.00000162. The van der Waals surface area contributed by atoms with Gasteiger partial charge in [0.05, 0.1) is 0 Å². The number of aliphatic imine (C=N–C) groups is 1. The van der Waals surface area contributed by atoms with Crippen molar-refractivity contribution < 1.29 is 8.78 Å². The van der Waals surface area contributed by atoms with Crippen LogP contribution in [0, 0.1) is 0 Å². The van der Waals surface area contributed by atoms with E-state index in [2.05, 4.69) is 10.3 Å². The molecule has 6 heteroatoms. The highest BCUT2D eigenvalue weighted by Gasteiger charge is 2.10. The van der Waals surface area contributed by atoms with Gasteiger partial charge in [-0.15, -0.1) is 24.0 Å². The Bertz CT molecular complexity index is 435. The summed E-state index contributed by atoms with van der Waals surface area (Å²) in [5.41, 5.74) is 8.97. The molecule has 0 saturated carbocycles. The summed E-state index contributed by atoms with van der Waals surface area (Å²) >= 11 is 0. The zero-order chi connectivity index (χ0) is 12.3. The van der Waals surface area contributed by atoms with E-state index in [-0.39, 0.29) is 29.9 Å². The van der Waals surface area contributed by atoms with Crippen molar-refractivity contribution in [2.24, 2.45) is 10.7 Å². The second-order valence-electron chi connectivity index (χ2n) is 4.08. The molecule has 18 heavy (non-hydrogen) atoms. The first-order valence-corrected chi connectivity index (χ1v) is 5.62. The summed E-state index contributed by atoms with van der Waals surface area (Å²) in [7, 11) is 0. The smallest absolute Gasteiger partial charge is 0.257 e. The molecule has 0 bridgehead atoms. The fourth-order valence-corrected chi connectivity index (χ4v) is 2.00. The van der Waals surface area contributed by atoms with E-state index in [1.54, 1.807) is 0 Å². The van der Waals surface area contributed by atoms with Crippen molar-refractivity contribution in [2.75, 3.05) is 11.9 Å². The van der Waals surface area contributed by atoms with Crippen LogP contribution in [0.15, 0.2) is 23.2 Å². The van der Waals surface area contributed by atoms with Crippen molar-refractivity contribution in [1.29, 1.82) is 0 Å². The number of anilines is 1. The molecule has 1 aliphatic rings. The summed E-state index contributed by atoms with van der Waals surface area (Å²) in [6, 6.07) is 5.95. The molecule has 100 valence electrons. The molecule has 0 amide bonds. The minimum Gasteiger partial charge on any atom is -0.370 e. The number of rotatable bonds is 3. The van der Waals surface area contributed by atoms with E-state index in [1.807, 2.05) is 18.2 Å². The van der Waals surface area contributed by atoms with Crippen LogP contribution in [-0.4, -0.2) is 18.9 Å². The van der Waals surface area contributed by atoms with Crippen LogP contribution in [0.4, 0.5) is 14.5 Å². The lowest BCUT2D eigenvalue weighted by Crippen LogP contribution is -2.23. The third kappa shape index (κ3) is 4.08. The number of aryl methyl sites for hydroxylation is 2. The Labute approximate surface area is 122 Å². The molecule has 0 aromatic heterocycles. The molecule has 1 aliphatic carbocycles. The third-order valence-electron chi connectivity index (χ3n) is 2.77. The Hall–Kier alpha value is -0.920. The lowest BCUT2D eigenvalue weighted by atomic mass is 10.1. The minimum atomic E-state index is -2.46. The predicted molar refractivity (Wildman–Crippen MR) is 80.0 cm³/mol. The van der Waals surface area contributed by atoms with E-state index in [4.69, 9.17) is 5.73 Å². The molecule has 0 saturated heterocycles. The van der Waals surface area contributed by atoms with E-state index in [0.29, 0.717) is 0 Å². The molecule has 2 rings (SSSR count). The molecular formula is C12H16F2IN3. The predicted octanol–water partition coefficient (Wildman–Crippen LogP) is 2.79. The number of benzene rings is 1. The SMILES string of the molecule is I.NC(=NCC(F)F)Nc1ccc2c(c1)CCC2.